The molecule has 2 aromatic carbocycles. The largest absolute Gasteiger partial charge is 0.503 e. The number of aromatic nitrogens is 2. The third-order valence-corrected chi connectivity index (χ3v) is 8.34. The molecule has 11 heteroatoms. The Labute approximate surface area is 224 Å². The molecular formula is C25H19Cl2N3O4S2. The lowest BCUT2D eigenvalue weighted by Crippen LogP contribution is -2.31. The average Bonchev–Trinajstić information content (AvgIpc) is 3.47. The third kappa shape index (κ3) is 4.16. The van der Waals surface area contributed by atoms with Crippen molar-refractivity contribution in [3.63, 3.8) is 0 Å². The van der Waals surface area contributed by atoms with Crippen LogP contribution in [0.3, 0.4) is 0 Å². The van der Waals surface area contributed by atoms with E-state index in [1.807, 2.05) is 13.0 Å². The summed E-state index contributed by atoms with van der Waals surface area (Å²) >= 11 is 15.1. The second-order valence-electron chi connectivity index (χ2n) is 8.04. The molecule has 1 amide bonds. The number of thiazole rings is 2. The fourth-order valence-electron chi connectivity index (χ4n) is 4.17. The van der Waals surface area contributed by atoms with Gasteiger partial charge in [0.05, 0.1) is 44.0 Å². The van der Waals surface area contributed by atoms with Gasteiger partial charge in [0.15, 0.2) is 10.9 Å². The Kier molecular flexibility index (Phi) is 6.50. The summed E-state index contributed by atoms with van der Waals surface area (Å²) in [7, 11) is 0. The number of aliphatic hydroxyl groups is 1. The zero-order chi connectivity index (χ0) is 25.7. The molecule has 5 rings (SSSR count). The Morgan fingerprint density at radius 3 is 2.58 bits per heavy atom. The quantitative estimate of drug-likeness (QED) is 0.259. The molecule has 1 unspecified atom stereocenters. The second-order valence-corrected chi connectivity index (χ2v) is 11.1. The molecule has 0 saturated carbocycles. The van der Waals surface area contributed by atoms with Gasteiger partial charge in [-0.2, -0.15) is 0 Å². The maximum Gasteiger partial charge on any atom is 0.296 e. The molecule has 2 aromatic heterocycles. The van der Waals surface area contributed by atoms with E-state index in [1.165, 1.54) is 33.6 Å². The molecule has 184 valence electrons. The first kappa shape index (κ1) is 24.7. The van der Waals surface area contributed by atoms with Crippen LogP contribution in [0.4, 0.5) is 5.13 Å². The average molecular weight is 560 g/mol. The molecule has 1 aliphatic heterocycles. The zero-order valence-electron chi connectivity index (χ0n) is 19.3. The van der Waals surface area contributed by atoms with Crippen molar-refractivity contribution in [2.45, 2.75) is 26.8 Å². The first-order chi connectivity index (χ1) is 17.2. The molecule has 0 radical (unpaired) electrons. The van der Waals surface area contributed by atoms with E-state index < -0.39 is 23.5 Å². The van der Waals surface area contributed by atoms with Gasteiger partial charge in [-0.15, -0.1) is 11.3 Å². The predicted molar refractivity (Wildman–Crippen MR) is 143 cm³/mol. The highest BCUT2D eigenvalue weighted by atomic mass is 35.5. The van der Waals surface area contributed by atoms with Crippen molar-refractivity contribution in [2.24, 2.45) is 0 Å². The number of aryl methyl sites for hydroxylation is 2. The highest BCUT2D eigenvalue weighted by molar-refractivity contribution is 7.22. The summed E-state index contributed by atoms with van der Waals surface area (Å²) in [5.41, 5.74) is 1.54. The van der Waals surface area contributed by atoms with E-state index in [-0.39, 0.29) is 10.6 Å². The van der Waals surface area contributed by atoms with Gasteiger partial charge in [0.25, 0.3) is 5.91 Å². The van der Waals surface area contributed by atoms with Crippen LogP contribution in [-0.4, -0.2) is 33.4 Å². The standard InChI is InChI=1S/C25H19Cl2N3O4S2/c1-4-34-14-6-8-17-18(10-14)36-25(29-17)30-20(15-7-5-13(26)9-16(15)27)19(22(32)24(30)33)21(31)23-11(2)28-12(3)35-23/h5-10,20,32H,4H2,1-3H3. The van der Waals surface area contributed by atoms with Crippen LogP contribution in [0.25, 0.3) is 10.2 Å². The number of hydrogen-bond acceptors (Lipinski definition) is 8. The molecule has 3 heterocycles. The summed E-state index contributed by atoms with van der Waals surface area (Å²) in [4.78, 5) is 37.8. The highest BCUT2D eigenvalue weighted by Crippen LogP contribution is 2.47. The minimum absolute atomic E-state index is 0.0785. The molecule has 0 aliphatic carbocycles. The van der Waals surface area contributed by atoms with Gasteiger partial charge in [0.2, 0.25) is 5.78 Å². The van der Waals surface area contributed by atoms with Crippen LogP contribution in [0.2, 0.25) is 10.0 Å². The molecule has 7 nitrogen and oxygen atoms in total. The van der Waals surface area contributed by atoms with E-state index >= 15 is 0 Å². The summed E-state index contributed by atoms with van der Waals surface area (Å²) in [6, 6.07) is 9.23. The molecule has 0 spiro atoms. The number of carbonyl (C=O) groups excluding carboxylic acids is 2. The number of fused-ring (bicyclic) bond motifs is 1. The minimum Gasteiger partial charge on any atom is -0.503 e. The van der Waals surface area contributed by atoms with Gasteiger partial charge >= 0.3 is 0 Å². The fourth-order valence-corrected chi connectivity index (χ4v) is 6.58. The SMILES string of the molecule is CCOc1ccc2nc(N3C(=O)C(O)=C(C(=O)c4sc(C)nc4C)C3c3ccc(Cl)cc3Cl)sc2c1. The van der Waals surface area contributed by atoms with Crippen molar-refractivity contribution in [1.82, 2.24) is 9.97 Å². The van der Waals surface area contributed by atoms with Crippen molar-refractivity contribution in [3.05, 3.63) is 78.9 Å². The number of nitrogens with zero attached hydrogens (tertiary/aromatic N) is 3. The number of Topliss-reactive ketones (excluding diaryl/α,β-unsaturated/α-hetero) is 1. The molecular weight excluding hydrogens is 541 g/mol. The number of benzene rings is 2. The molecule has 0 bridgehead atoms. The molecule has 0 saturated heterocycles. The van der Waals surface area contributed by atoms with Gasteiger partial charge in [-0.05, 0) is 56.7 Å². The third-order valence-electron chi connectivity index (χ3n) is 5.69. The number of hydrogen-bond donors (Lipinski definition) is 1. The number of carbonyl (C=O) groups is 2. The van der Waals surface area contributed by atoms with E-state index in [1.54, 1.807) is 38.1 Å². The topological polar surface area (TPSA) is 92.6 Å². The lowest BCUT2D eigenvalue weighted by atomic mass is 9.95. The Hall–Kier alpha value is -2.98. The second kappa shape index (κ2) is 9.48. The number of anilines is 1. The Morgan fingerprint density at radius 2 is 1.92 bits per heavy atom. The first-order valence-electron chi connectivity index (χ1n) is 10.9. The van der Waals surface area contributed by atoms with E-state index in [0.717, 1.165) is 4.70 Å². The molecule has 1 atom stereocenters. The Bertz CT molecular complexity index is 1580. The normalized spacial score (nSPS) is 15.9. The fraction of sp³-hybridized carbons (Fsp3) is 0.200. The summed E-state index contributed by atoms with van der Waals surface area (Å²) in [6.07, 6.45) is 0. The molecule has 1 aliphatic rings. The van der Waals surface area contributed by atoms with Crippen LogP contribution >= 0.6 is 45.9 Å². The van der Waals surface area contributed by atoms with Crippen molar-refractivity contribution < 1.29 is 19.4 Å². The van der Waals surface area contributed by atoms with Gasteiger partial charge in [-0.25, -0.2) is 9.97 Å². The lowest BCUT2D eigenvalue weighted by Gasteiger charge is -2.25. The first-order valence-corrected chi connectivity index (χ1v) is 13.3. The van der Waals surface area contributed by atoms with Crippen LogP contribution in [0.5, 0.6) is 5.75 Å². The van der Waals surface area contributed by atoms with Crippen LogP contribution in [-0.2, 0) is 4.79 Å². The number of amides is 1. The number of halogens is 2. The van der Waals surface area contributed by atoms with E-state index in [9.17, 15) is 14.7 Å². The summed E-state index contributed by atoms with van der Waals surface area (Å²) in [5, 5.41) is 12.7. The van der Waals surface area contributed by atoms with Crippen LogP contribution in [0.1, 0.15) is 38.9 Å². The number of aliphatic hydroxyl groups excluding tert-OH is 1. The summed E-state index contributed by atoms with van der Waals surface area (Å²) in [5.74, 6) is -1.19. The smallest absolute Gasteiger partial charge is 0.296 e. The van der Waals surface area contributed by atoms with Gasteiger partial charge < -0.3 is 9.84 Å². The predicted octanol–water partition coefficient (Wildman–Crippen LogP) is 6.86. The maximum atomic E-state index is 13.7. The number of ketones is 1. The molecule has 1 N–H and O–H groups in total. The maximum absolute atomic E-state index is 13.7. The molecule has 4 aromatic rings. The van der Waals surface area contributed by atoms with Crippen LogP contribution < -0.4 is 9.64 Å². The summed E-state index contributed by atoms with van der Waals surface area (Å²) < 4.78 is 6.38. The van der Waals surface area contributed by atoms with Gasteiger partial charge in [-0.1, -0.05) is 40.6 Å². The Morgan fingerprint density at radius 1 is 1.14 bits per heavy atom. The summed E-state index contributed by atoms with van der Waals surface area (Å²) in [6.45, 7) is 5.92. The van der Waals surface area contributed by atoms with Crippen molar-refractivity contribution in [3.8, 4) is 5.75 Å². The Balaban J connectivity index is 1.68. The van der Waals surface area contributed by atoms with Crippen molar-refractivity contribution >= 4 is 72.9 Å². The van der Waals surface area contributed by atoms with Gasteiger partial charge in [-0.3, -0.25) is 14.5 Å². The number of ether oxygens (including phenoxy) is 1. The molecule has 0 fully saturated rings. The van der Waals surface area contributed by atoms with Crippen LogP contribution in [0, 0.1) is 13.8 Å². The zero-order valence-corrected chi connectivity index (χ0v) is 22.5. The van der Waals surface area contributed by atoms with E-state index in [0.29, 0.717) is 49.2 Å². The van der Waals surface area contributed by atoms with Gasteiger partial charge in [0.1, 0.15) is 5.75 Å². The lowest BCUT2D eigenvalue weighted by molar-refractivity contribution is -0.117. The van der Waals surface area contributed by atoms with Crippen molar-refractivity contribution in [2.75, 3.05) is 11.5 Å². The van der Waals surface area contributed by atoms with E-state index in [2.05, 4.69) is 9.97 Å². The van der Waals surface area contributed by atoms with E-state index in [4.69, 9.17) is 27.9 Å². The molecule has 36 heavy (non-hydrogen) atoms. The number of rotatable bonds is 6. The van der Waals surface area contributed by atoms with Gasteiger partial charge in [0, 0.05) is 10.0 Å². The minimum atomic E-state index is -1.01. The van der Waals surface area contributed by atoms with Crippen LogP contribution in [0.15, 0.2) is 47.7 Å². The highest BCUT2D eigenvalue weighted by Gasteiger charge is 2.47. The van der Waals surface area contributed by atoms with Crippen molar-refractivity contribution in [1.29, 1.82) is 0 Å². The monoisotopic (exact) mass is 559 g/mol.